The molecule has 2 nitrogen and oxygen atoms in total. The predicted molar refractivity (Wildman–Crippen MR) is 326 cm³/mol. The third-order valence-electron chi connectivity index (χ3n) is 18.1. The van der Waals surface area contributed by atoms with Gasteiger partial charge in [-0.3, -0.25) is 0 Å². The van der Waals surface area contributed by atoms with E-state index in [1.165, 1.54) is 127 Å². The number of fused-ring (bicyclic) bond motifs is 13. The molecule has 0 N–H and O–H groups in total. The molecule has 11 aromatic rings. The number of benzene rings is 11. The zero-order chi connectivity index (χ0) is 52.0. The maximum absolute atomic E-state index is 2.57. The Balaban J connectivity index is 1.00. The van der Waals surface area contributed by atoms with Gasteiger partial charge < -0.3 is 9.80 Å². The molecule has 0 radical (unpaired) electrons. The summed E-state index contributed by atoms with van der Waals surface area (Å²) in [7, 11) is 0. The molecule has 78 heavy (non-hydrogen) atoms. The minimum absolute atomic E-state index is 0.0922. The number of rotatable bonds is 9. The minimum Gasteiger partial charge on any atom is -0.310 e. The Morgan fingerprint density at radius 1 is 0.295 bits per heavy atom. The van der Waals surface area contributed by atoms with Crippen LogP contribution in [0.3, 0.4) is 0 Å². The first kappa shape index (κ1) is 46.3. The second-order valence-corrected chi connectivity index (χ2v) is 22.6. The summed E-state index contributed by atoms with van der Waals surface area (Å²) in [5.74, 6) is 0.660. The molecule has 4 aliphatic rings. The molecular formula is C76H60N2. The van der Waals surface area contributed by atoms with Crippen molar-refractivity contribution in [2.45, 2.75) is 62.7 Å². The molecular weight excluding hydrogens is 941 g/mol. The maximum atomic E-state index is 2.57. The third kappa shape index (κ3) is 7.16. The van der Waals surface area contributed by atoms with Gasteiger partial charge in [-0.2, -0.15) is 0 Å². The second-order valence-electron chi connectivity index (χ2n) is 22.6. The largest absolute Gasteiger partial charge is 0.310 e. The fourth-order valence-electron chi connectivity index (χ4n) is 14.4. The summed E-state index contributed by atoms with van der Waals surface area (Å²) in [6, 6.07) is 98.7. The fourth-order valence-corrected chi connectivity index (χ4v) is 14.4. The van der Waals surface area contributed by atoms with Gasteiger partial charge in [0.05, 0.1) is 11.1 Å². The van der Waals surface area contributed by atoms with Gasteiger partial charge in [-0.05, 0) is 187 Å². The fraction of sp³-hybridized carbons (Fsp3) is 0.132. The second kappa shape index (κ2) is 18.4. The Morgan fingerprint density at radius 2 is 0.769 bits per heavy atom. The van der Waals surface area contributed by atoms with E-state index < -0.39 is 5.41 Å². The summed E-state index contributed by atoms with van der Waals surface area (Å²) in [4.78, 5) is 4.96. The highest BCUT2D eigenvalue weighted by atomic mass is 15.1. The standard InChI is InChI=1S/C76H60N2/c1-75(2)68-34-20-18-33-62(68)66-47-59(42-45-69(66)75)77(56-26-12-5-13-27-56)60-41-43-63-61-32-19-21-35-70(61)76(72(63)48-60)71-44-40-55(53-38-36-52(37-39-53)51-22-8-3-9-23-51)46-65(71)67-49-64(54-24-10-4-11-25-54)74(50-73(67)76)78(57-28-14-6-15-29-57)58-30-16-7-17-31-58/h4-7,10-21,24-51H,3,8-9,22-23H2,1-2H3. The Kier molecular flexibility index (Phi) is 10.9. The number of nitrogens with zero attached hydrogens (tertiary/aromatic N) is 2. The van der Waals surface area contributed by atoms with Crippen molar-refractivity contribution in [2.24, 2.45) is 0 Å². The first-order chi connectivity index (χ1) is 38.4. The number of hydrogen-bond donors (Lipinski definition) is 0. The lowest BCUT2D eigenvalue weighted by Gasteiger charge is -2.34. The van der Waals surface area contributed by atoms with E-state index in [4.69, 9.17) is 0 Å². The lowest BCUT2D eigenvalue weighted by atomic mass is 9.70. The van der Waals surface area contributed by atoms with Crippen LogP contribution >= 0.6 is 0 Å². The van der Waals surface area contributed by atoms with E-state index in [0.29, 0.717) is 5.92 Å². The van der Waals surface area contributed by atoms with Crippen molar-refractivity contribution < 1.29 is 0 Å². The topological polar surface area (TPSA) is 6.48 Å². The highest BCUT2D eigenvalue weighted by Crippen LogP contribution is 2.65. The van der Waals surface area contributed by atoms with E-state index in [9.17, 15) is 0 Å². The van der Waals surface area contributed by atoms with Crippen LogP contribution < -0.4 is 9.80 Å². The number of hydrogen-bond acceptors (Lipinski definition) is 2. The van der Waals surface area contributed by atoms with Gasteiger partial charge in [-0.1, -0.05) is 215 Å². The van der Waals surface area contributed by atoms with Gasteiger partial charge in [0.25, 0.3) is 0 Å². The highest BCUT2D eigenvalue weighted by Gasteiger charge is 2.53. The lowest BCUT2D eigenvalue weighted by molar-refractivity contribution is 0.443. The van der Waals surface area contributed by atoms with Gasteiger partial charge in [0.1, 0.15) is 0 Å². The summed E-state index contributed by atoms with van der Waals surface area (Å²) in [5.41, 5.74) is 28.0. The van der Waals surface area contributed by atoms with Crippen LogP contribution in [0.5, 0.6) is 0 Å². The molecule has 374 valence electrons. The third-order valence-corrected chi connectivity index (χ3v) is 18.1. The van der Waals surface area contributed by atoms with Crippen molar-refractivity contribution in [3.05, 3.63) is 300 Å². The molecule has 1 fully saturated rings. The molecule has 2 heteroatoms. The van der Waals surface area contributed by atoms with Crippen molar-refractivity contribution in [1.82, 2.24) is 0 Å². The Morgan fingerprint density at radius 3 is 1.45 bits per heavy atom. The number of anilines is 6. The van der Waals surface area contributed by atoms with E-state index in [1.54, 1.807) is 0 Å². The average Bonchev–Trinajstić information content (AvgIpc) is 3.62. The summed E-state index contributed by atoms with van der Waals surface area (Å²) in [6.07, 6.45) is 6.62. The van der Waals surface area contributed by atoms with Gasteiger partial charge in [0.2, 0.25) is 0 Å². The van der Waals surface area contributed by atoms with Crippen LogP contribution in [0.25, 0.3) is 55.6 Å². The molecule has 1 unspecified atom stereocenters. The van der Waals surface area contributed by atoms with E-state index >= 15 is 0 Å². The molecule has 0 aliphatic heterocycles. The monoisotopic (exact) mass is 1000 g/mol. The van der Waals surface area contributed by atoms with Crippen LogP contribution in [-0.4, -0.2) is 0 Å². The summed E-state index contributed by atoms with van der Waals surface area (Å²) < 4.78 is 0. The molecule has 0 bridgehead atoms. The predicted octanol–water partition coefficient (Wildman–Crippen LogP) is 20.7. The van der Waals surface area contributed by atoms with Crippen LogP contribution in [0.2, 0.25) is 0 Å². The number of para-hydroxylation sites is 3. The van der Waals surface area contributed by atoms with E-state index in [1.807, 2.05) is 0 Å². The molecule has 1 atom stereocenters. The molecule has 0 amide bonds. The highest BCUT2D eigenvalue weighted by molar-refractivity contribution is 6.02. The Hall–Kier alpha value is -8.98. The lowest BCUT2D eigenvalue weighted by Crippen LogP contribution is -2.26. The first-order valence-electron chi connectivity index (χ1n) is 28.2. The normalized spacial score (nSPS) is 16.2. The molecule has 0 saturated heterocycles. The van der Waals surface area contributed by atoms with Gasteiger partial charge >= 0.3 is 0 Å². The molecule has 15 rings (SSSR count). The van der Waals surface area contributed by atoms with E-state index in [0.717, 1.165) is 34.1 Å². The van der Waals surface area contributed by atoms with Crippen molar-refractivity contribution in [2.75, 3.05) is 9.80 Å². The smallest absolute Gasteiger partial charge is 0.0727 e. The SMILES string of the molecule is CC1(C)c2ccccc2-c2cc(N(c3ccccc3)c3ccc4c(c3)C3(c5ccccc5-4)c4ccc(-c5ccc(C6CCCCC6)cc5)cc4-c4cc(-c5ccccc5)c(N(c5ccccc5)c5ccccc5)cc43)ccc21. The molecule has 4 aliphatic carbocycles. The van der Waals surface area contributed by atoms with Gasteiger partial charge in [0.15, 0.2) is 0 Å². The van der Waals surface area contributed by atoms with Crippen molar-refractivity contribution in [3.63, 3.8) is 0 Å². The van der Waals surface area contributed by atoms with Crippen LogP contribution in [0.1, 0.15) is 90.8 Å². The molecule has 11 aromatic carbocycles. The Bertz CT molecular complexity index is 4040. The molecule has 0 aromatic heterocycles. The molecule has 0 heterocycles. The zero-order valence-electron chi connectivity index (χ0n) is 44.3. The van der Waals surface area contributed by atoms with Crippen LogP contribution in [0, 0.1) is 0 Å². The minimum atomic E-state index is -0.664. The zero-order valence-corrected chi connectivity index (χ0v) is 44.3. The quantitative estimate of drug-likeness (QED) is 0.142. The molecule has 1 saturated carbocycles. The maximum Gasteiger partial charge on any atom is 0.0727 e. The summed E-state index contributed by atoms with van der Waals surface area (Å²) >= 11 is 0. The van der Waals surface area contributed by atoms with Crippen LogP contribution in [-0.2, 0) is 10.8 Å². The van der Waals surface area contributed by atoms with Gasteiger partial charge in [0, 0.05) is 39.4 Å². The van der Waals surface area contributed by atoms with Crippen LogP contribution in [0.4, 0.5) is 34.1 Å². The van der Waals surface area contributed by atoms with E-state index in [2.05, 4.69) is 285 Å². The summed E-state index contributed by atoms with van der Waals surface area (Å²) in [5, 5.41) is 0. The Labute approximate surface area is 459 Å². The van der Waals surface area contributed by atoms with Crippen molar-refractivity contribution >= 4 is 34.1 Å². The van der Waals surface area contributed by atoms with Gasteiger partial charge in [-0.15, -0.1) is 0 Å². The molecule has 1 spiro atoms. The van der Waals surface area contributed by atoms with E-state index in [-0.39, 0.29) is 5.41 Å². The van der Waals surface area contributed by atoms with Crippen molar-refractivity contribution in [3.8, 4) is 55.6 Å². The van der Waals surface area contributed by atoms with Gasteiger partial charge in [-0.25, -0.2) is 0 Å². The van der Waals surface area contributed by atoms with Crippen molar-refractivity contribution in [1.29, 1.82) is 0 Å². The van der Waals surface area contributed by atoms with Crippen LogP contribution in [0.15, 0.2) is 261 Å². The summed E-state index contributed by atoms with van der Waals surface area (Å²) in [6.45, 7) is 4.73. The average molecular weight is 1000 g/mol. The first-order valence-corrected chi connectivity index (χ1v) is 28.2.